The molecule has 1 aromatic heterocycles. The summed E-state index contributed by atoms with van der Waals surface area (Å²) in [5.41, 5.74) is 0.838. The van der Waals surface area contributed by atoms with Crippen LogP contribution < -0.4 is 10.6 Å². The molecule has 0 unspecified atom stereocenters. The smallest absolute Gasteiger partial charge is 0.251 e. The number of nitrogens with one attached hydrogen (secondary N) is 2. The summed E-state index contributed by atoms with van der Waals surface area (Å²) < 4.78 is 1.81. The van der Waals surface area contributed by atoms with Gasteiger partial charge in [-0.1, -0.05) is 36.2 Å². The Morgan fingerprint density at radius 1 is 1.32 bits per heavy atom. The van der Waals surface area contributed by atoms with E-state index in [1.807, 2.05) is 18.5 Å². The summed E-state index contributed by atoms with van der Waals surface area (Å²) in [7, 11) is 0. The van der Waals surface area contributed by atoms with Crippen LogP contribution in [0.5, 0.6) is 0 Å². The van der Waals surface area contributed by atoms with E-state index in [1.165, 1.54) is 24.6 Å². The van der Waals surface area contributed by atoms with Gasteiger partial charge in [-0.2, -0.15) is 0 Å². The van der Waals surface area contributed by atoms with Crippen molar-refractivity contribution in [2.45, 2.75) is 56.8 Å². The molecule has 8 nitrogen and oxygen atoms in total. The molecule has 0 saturated heterocycles. The highest BCUT2D eigenvalue weighted by atomic mass is 35.5. The Kier molecular flexibility index (Phi) is 6.90. The van der Waals surface area contributed by atoms with Crippen molar-refractivity contribution in [1.82, 2.24) is 25.5 Å². The van der Waals surface area contributed by atoms with E-state index in [-0.39, 0.29) is 23.6 Å². The molecule has 10 heteroatoms. The SMILES string of the molecule is CC(C)NC(=O)c1ccc(Cl)c(NC(=O)CSc2nnnn2C2CCCC2)c1. The first-order valence-corrected chi connectivity index (χ1v) is 10.6. The molecule has 0 bridgehead atoms. The van der Waals surface area contributed by atoms with Gasteiger partial charge in [-0.3, -0.25) is 9.59 Å². The van der Waals surface area contributed by atoms with Gasteiger partial charge < -0.3 is 10.6 Å². The third kappa shape index (κ3) is 5.23. The van der Waals surface area contributed by atoms with Crippen LogP contribution in [0.15, 0.2) is 23.4 Å². The fourth-order valence-corrected chi connectivity index (χ4v) is 3.99. The maximum absolute atomic E-state index is 12.4. The number of halogens is 1. The molecule has 2 N–H and O–H groups in total. The first-order chi connectivity index (χ1) is 13.4. The number of amides is 2. The van der Waals surface area contributed by atoms with Crippen LogP contribution in [0, 0.1) is 0 Å². The lowest BCUT2D eigenvalue weighted by atomic mass is 10.1. The highest BCUT2D eigenvalue weighted by molar-refractivity contribution is 7.99. The summed E-state index contributed by atoms with van der Waals surface area (Å²) in [6.07, 6.45) is 4.47. The maximum atomic E-state index is 12.4. The van der Waals surface area contributed by atoms with Gasteiger partial charge in [0.2, 0.25) is 11.1 Å². The van der Waals surface area contributed by atoms with Crippen LogP contribution in [-0.2, 0) is 4.79 Å². The molecule has 2 amide bonds. The fourth-order valence-electron chi connectivity index (χ4n) is 3.08. The lowest BCUT2D eigenvalue weighted by molar-refractivity contribution is -0.113. The molecule has 2 aromatic rings. The fraction of sp³-hybridized carbons (Fsp3) is 0.500. The van der Waals surface area contributed by atoms with Crippen molar-refractivity contribution in [3.05, 3.63) is 28.8 Å². The summed E-state index contributed by atoms with van der Waals surface area (Å²) in [6, 6.07) is 5.13. The average molecular weight is 423 g/mol. The van der Waals surface area contributed by atoms with Gasteiger partial charge >= 0.3 is 0 Å². The largest absolute Gasteiger partial charge is 0.350 e. The molecule has 1 aromatic carbocycles. The third-order valence-electron chi connectivity index (χ3n) is 4.39. The summed E-state index contributed by atoms with van der Waals surface area (Å²) in [5.74, 6) is -0.312. The second-order valence-electron chi connectivity index (χ2n) is 7.00. The Labute approximate surface area is 172 Å². The van der Waals surface area contributed by atoms with Gasteiger partial charge in [0.25, 0.3) is 5.91 Å². The minimum absolute atomic E-state index is 0.0171. The third-order valence-corrected chi connectivity index (χ3v) is 5.65. The predicted molar refractivity (Wildman–Crippen MR) is 109 cm³/mol. The number of aromatic nitrogens is 4. The van der Waals surface area contributed by atoms with E-state index in [0.717, 1.165) is 12.8 Å². The lowest BCUT2D eigenvalue weighted by Gasteiger charge is -2.12. The van der Waals surface area contributed by atoms with Gasteiger partial charge in [0.15, 0.2) is 0 Å². The van der Waals surface area contributed by atoms with E-state index in [9.17, 15) is 9.59 Å². The quantitative estimate of drug-likeness (QED) is 0.663. The molecule has 0 spiro atoms. The number of tetrazole rings is 1. The molecule has 150 valence electrons. The number of nitrogens with zero attached hydrogens (tertiary/aromatic N) is 4. The topological polar surface area (TPSA) is 102 Å². The molecule has 1 aliphatic rings. The number of thioether (sulfide) groups is 1. The zero-order chi connectivity index (χ0) is 20.1. The highest BCUT2D eigenvalue weighted by Crippen LogP contribution is 2.31. The minimum Gasteiger partial charge on any atom is -0.350 e. The van der Waals surface area contributed by atoms with E-state index >= 15 is 0 Å². The van der Waals surface area contributed by atoms with Gasteiger partial charge in [0.1, 0.15) is 0 Å². The molecule has 1 saturated carbocycles. The Hall–Kier alpha value is -2.13. The van der Waals surface area contributed by atoms with E-state index in [4.69, 9.17) is 11.6 Å². The number of carbonyl (C=O) groups excluding carboxylic acids is 2. The number of rotatable bonds is 7. The van der Waals surface area contributed by atoms with Crippen molar-refractivity contribution in [2.75, 3.05) is 11.1 Å². The number of carbonyl (C=O) groups is 2. The highest BCUT2D eigenvalue weighted by Gasteiger charge is 2.22. The van der Waals surface area contributed by atoms with Crippen molar-refractivity contribution in [2.24, 2.45) is 0 Å². The Balaban J connectivity index is 1.61. The van der Waals surface area contributed by atoms with Gasteiger partial charge in [0.05, 0.1) is 22.5 Å². The normalized spacial score (nSPS) is 14.4. The maximum Gasteiger partial charge on any atom is 0.251 e. The second-order valence-corrected chi connectivity index (χ2v) is 8.35. The summed E-state index contributed by atoms with van der Waals surface area (Å²) >= 11 is 7.46. The molecule has 1 heterocycles. The van der Waals surface area contributed by atoms with Crippen LogP contribution in [-0.4, -0.2) is 43.8 Å². The zero-order valence-corrected chi connectivity index (χ0v) is 17.4. The van der Waals surface area contributed by atoms with E-state index in [2.05, 4.69) is 26.2 Å². The van der Waals surface area contributed by atoms with Crippen molar-refractivity contribution < 1.29 is 9.59 Å². The first-order valence-electron chi connectivity index (χ1n) is 9.25. The molecule has 1 fully saturated rings. The van der Waals surface area contributed by atoms with Gasteiger partial charge in [0, 0.05) is 11.6 Å². The minimum atomic E-state index is -0.241. The number of benzene rings is 1. The monoisotopic (exact) mass is 422 g/mol. The van der Waals surface area contributed by atoms with Crippen molar-refractivity contribution in [1.29, 1.82) is 0 Å². The van der Waals surface area contributed by atoms with Crippen LogP contribution >= 0.6 is 23.4 Å². The van der Waals surface area contributed by atoms with Gasteiger partial charge in [-0.05, 0) is 55.3 Å². The molecular formula is C18H23ClN6O2S. The summed E-state index contributed by atoms with van der Waals surface area (Å²) in [4.78, 5) is 24.5. The molecule has 3 rings (SSSR count). The second kappa shape index (κ2) is 9.38. The number of anilines is 1. The van der Waals surface area contributed by atoms with E-state index in [0.29, 0.717) is 27.5 Å². The summed E-state index contributed by atoms with van der Waals surface area (Å²) in [5, 5.41) is 18.4. The standard InChI is InChI=1S/C18H23ClN6O2S/c1-11(2)20-17(27)12-7-8-14(19)15(9-12)21-16(26)10-28-18-22-23-24-25(18)13-5-3-4-6-13/h7-9,11,13H,3-6,10H2,1-2H3,(H,20,27)(H,21,26). The Morgan fingerprint density at radius 2 is 2.07 bits per heavy atom. The van der Waals surface area contributed by atoms with Crippen molar-refractivity contribution >= 4 is 40.9 Å². The van der Waals surface area contributed by atoms with Crippen LogP contribution in [0.1, 0.15) is 55.9 Å². The first kappa shape index (κ1) is 20.6. The molecule has 28 heavy (non-hydrogen) atoms. The predicted octanol–water partition coefficient (Wildman–Crippen LogP) is 3.31. The molecule has 1 aliphatic carbocycles. The van der Waals surface area contributed by atoms with Crippen LogP contribution in [0.4, 0.5) is 5.69 Å². The summed E-state index contributed by atoms with van der Waals surface area (Å²) in [6.45, 7) is 3.76. The van der Waals surface area contributed by atoms with Gasteiger partial charge in [-0.15, -0.1) is 5.10 Å². The van der Waals surface area contributed by atoms with Crippen LogP contribution in [0.2, 0.25) is 5.02 Å². The van der Waals surface area contributed by atoms with E-state index in [1.54, 1.807) is 18.2 Å². The van der Waals surface area contributed by atoms with Crippen molar-refractivity contribution in [3.63, 3.8) is 0 Å². The average Bonchev–Trinajstić information content (AvgIpc) is 3.32. The Bertz CT molecular complexity index is 850. The lowest BCUT2D eigenvalue weighted by Crippen LogP contribution is -2.30. The van der Waals surface area contributed by atoms with Crippen LogP contribution in [0.3, 0.4) is 0 Å². The molecular weight excluding hydrogens is 400 g/mol. The zero-order valence-electron chi connectivity index (χ0n) is 15.8. The number of hydrogen-bond acceptors (Lipinski definition) is 6. The molecule has 0 atom stereocenters. The van der Waals surface area contributed by atoms with E-state index < -0.39 is 0 Å². The molecule has 0 aliphatic heterocycles. The van der Waals surface area contributed by atoms with Gasteiger partial charge in [-0.25, -0.2) is 4.68 Å². The van der Waals surface area contributed by atoms with Crippen LogP contribution in [0.25, 0.3) is 0 Å². The number of hydrogen-bond donors (Lipinski definition) is 2. The molecule has 0 radical (unpaired) electrons. The Morgan fingerprint density at radius 3 is 2.79 bits per heavy atom. The van der Waals surface area contributed by atoms with Crippen molar-refractivity contribution in [3.8, 4) is 0 Å².